The van der Waals surface area contributed by atoms with Gasteiger partial charge in [-0.25, -0.2) is 8.42 Å². The third kappa shape index (κ3) is 3.76. The molecular weight excluding hydrogens is 378 g/mol. The summed E-state index contributed by atoms with van der Waals surface area (Å²) in [4.78, 5) is 25.5. The van der Waals surface area contributed by atoms with Gasteiger partial charge in [-0.3, -0.25) is 20.3 Å². The van der Waals surface area contributed by atoms with Gasteiger partial charge in [-0.15, -0.1) is 16.2 Å². The second-order valence-electron chi connectivity index (χ2n) is 6.19. The number of hydrogen-bond acceptors (Lipinski definition) is 6. The molecule has 0 radical (unpaired) electrons. The highest BCUT2D eigenvalue weighted by Crippen LogP contribution is 2.32. The fourth-order valence-electron chi connectivity index (χ4n) is 2.88. The number of sulfonamides is 1. The molecule has 3 rings (SSSR count). The predicted molar refractivity (Wildman–Crippen MR) is 96.4 cm³/mol. The molecule has 0 bridgehead atoms. The third-order valence-electron chi connectivity index (χ3n) is 4.20. The monoisotopic (exact) mass is 395 g/mol. The molecule has 1 amide bonds. The van der Waals surface area contributed by atoms with Gasteiger partial charge < -0.3 is 0 Å². The van der Waals surface area contributed by atoms with Crippen molar-refractivity contribution in [3.63, 3.8) is 0 Å². The number of nitro benzene ring substituents is 1. The summed E-state index contributed by atoms with van der Waals surface area (Å²) in [6.07, 6.45) is 2.89. The van der Waals surface area contributed by atoms with Gasteiger partial charge in [0.05, 0.1) is 9.80 Å². The number of nitrogens with zero attached hydrogens (tertiary/aromatic N) is 1. The lowest BCUT2D eigenvalue weighted by atomic mass is 9.90. The molecule has 1 aromatic carbocycles. The summed E-state index contributed by atoms with van der Waals surface area (Å²) in [5.74, 6) is -0.0237. The second-order valence-corrected chi connectivity index (χ2v) is 8.98. The molecule has 1 aromatic heterocycles. The van der Waals surface area contributed by atoms with Crippen LogP contribution in [0.25, 0.3) is 0 Å². The van der Waals surface area contributed by atoms with Gasteiger partial charge in [0, 0.05) is 10.9 Å². The average molecular weight is 395 g/mol. The Bertz CT molecular complexity index is 968. The number of thiophene rings is 1. The molecule has 0 spiro atoms. The van der Waals surface area contributed by atoms with Crippen LogP contribution in [-0.4, -0.2) is 19.2 Å². The van der Waals surface area contributed by atoms with Gasteiger partial charge in [0.1, 0.15) is 0 Å². The standard InChI is InChI=1S/C16H17N3O5S2/c1-10-6-7-13-11(8-10)9-14(25-13)16(20)17-18-26(23,24)15-5-3-2-4-12(15)19(21)22/h2-5,9-10,18H,6-8H2,1H3,(H,17,20)/t10-/m1/s1. The van der Waals surface area contributed by atoms with E-state index in [-0.39, 0.29) is 0 Å². The van der Waals surface area contributed by atoms with E-state index < -0.39 is 31.4 Å². The first kappa shape index (κ1) is 18.5. The minimum Gasteiger partial charge on any atom is -0.273 e. The van der Waals surface area contributed by atoms with Crippen LogP contribution in [0.4, 0.5) is 5.69 Å². The molecule has 1 atom stereocenters. The Morgan fingerprint density at radius 3 is 2.81 bits per heavy atom. The molecule has 8 nitrogen and oxygen atoms in total. The van der Waals surface area contributed by atoms with E-state index in [0.29, 0.717) is 10.8 Å². The molecule has 0 aliphatic heterocycles. The maximum atomic E-state index is 12.3. The van der Waals surface area contributed by atoms with Gasteiger partial charge in [-0.05, 0) is 42.9 Å². The smallest absolute Gasteiger partial charge is 0.273 e. The first-order chi connectivity index (χ1) is 12.3. The van der Waals surface area contributed by atoms with Crippen LogP contribution >= 0.6 is 11.3 Å². The van der Waals surface area contributed by atoms with Crippen LogP contribution in [-0.2, 0) is 22.9 Å². The zero-order valence-corrected chi connectivity index (χ0v) is 15.5. The van der Waals surface area contributed by atoms with Gasteiger partial charge in [-0.1, -0.05) is 19.1 Å². The zero-order chi connectivity index (χ0) is 18.9. The van der Waals surface area contributed by atoms with E-state index in [1.807, 2.05) is 4.83 Å². The topological polar surface area (TPSA) is 118 Å². The third-order valence-corrected chi connectivity index (χ3v) is 6.73. The molecule has 0 fully saturated rings. The van der Waals surface area contributed by atoms with E-state index in [1.54, 1.807) is 6.07 Å². The molecule has 2 N–H and O–H groups in total. The SMILES string of the molecule is C[C@@H]1CCc2sc(C(=O)NNS(=O)(=O)c3ccccc3[N+](=O)[O-])cc2C1. The number of aryl methyl sites for hydroxylation is 1. The Morgan fingerprint density at radius 2 is 2.08 bits per heavy atom. The second kappa shape index (κ2) is 7.14. The van der Waals surface area contributed by atoms with Gasteiger partial charge in [0.15, 0.2) is 4.90 Å². The molecule has 10 heteroatoms. The molecule has 0 saturated heterocycles. The quantitative estimate of drug-likeness (QED) is 0.595. The first-order valence-corrected chi connectivity index (χ1v) is 10.2. The number of benzene rings is 1. The van der Waals surface area contributed by atoms with Crippen molar-refractivity contribution in [3.05, 3.63) is 55.8 Å². The molecule has 0 saturated carbocycles. The van der Waals surface area contributed by atoms with E-state index in [2.05, 4.69) is 12.3 Å². The molecule has 1 aliphatic rings. The fourth-order valence-corrected chi connectivity index (χ4v) is 5.00. The molecule has 138 valence electrons. The number of hydrogen-bond donors (Lipinski definition) is 2. The highest BCUT2D eigenvalue weighted by Gasteiger charge is 2.26. The van der Waals surface area contributed by atoms with Crippen LogP contribution in [0.5, 0.6) is 0 Å². The summed E-state index contributed by atoms with van der Waals surface area (Å²) in [5, 5.41) is 11.0. The number of amides is 1. The van der Waals surface area contributed by atoms with Crippen molar-refractivity contribution in [2.45, 2.75) is 31.1 Å². The lowest BCUT2D eigenvalue weighted by molar-refractivity contribution is -0.387. The molecule has 1 aliphatic carbocycles. The van der Waals surface area contributed by atoms with Crippen molar-refractivity contribution in [2.75, 3.05) is 0 Å². The minimum absolute atomic E-state index is 0.411. The Balaban J connectivity index is 1.74. The normalized spacial score (nSPS) is 16.7. The molecule has 1 heterocycles. The lowest BCUT2D eigenvalue weighted by Gasteiger charge is -2.16. The summed E-state index contributed by atoms with van der Waals surface area (Å²) < 4.78 is 24.6. The summed E-state index contributed by atoms with van der Waals surface area (Å²) in [5.41, 5.74) is 2.70. The van der Waals surface area contributed by atoms with Crippen molar-refractivity contribution in [1.29, 1.82) is 0 Å². The first-order valence-electron chi connectivity index (χ1n) is 7.95. The van der Waals surface area contributed by atoms with Gasteiger partial charge in [0.2, 0.25) is 0 Å². The van der Waals surface area contributed by atoms with E-state index in [9.17, 15) is 23.3 Å². The highest BCUT2D eigenvalue weighted by molar-refractivity contribution is 7.89. The maximum absolute atomic E-state index is 12.3. The number of nitrogens with one attached hydrogen (secondary N) is 2. The minimum atomic E-state index is -4.27. The van der Waals surface area contributed by atoms with E-state index >= 15 is 0 Å². The summed E-state index contributed by atoms with van der Waals surface area (Å²) >= 11 is 1.34. The van der Waals surface area contributed by atoms with Crippen LogP contribution in [0.15, 0.2) is 35.2 Å². The molecule has 2 aromatic rings. The number of nitro groups is 1. The number of rotatable bonds is 5. The number of carbonyl (C=O) groups is 1. The lowest BCUT2D eigenvalue weighted by Crippen LogP contribution is -2.41. The van der Waals surface area contributed by atoms with E-state index in [0.717, 1.165) is 41.8 Å². The van der Waals surface area contributed by atoms with Gasteiger partial charge in [0.25, 0.3) is 21.6 Å². The number of para-hydroxylation sites is 1. The van der Waals surface area contributed by atoms with Gasteiger partial charge in [-0.2, -0.15) is 0 Å². The average Bonchev–Trinajstić information content (AvgIpc) is 3.03. The van der Waals surface area contributed by atoms with Gasteiger partial charge >= 0.3 is 0 Å². The Hall–Kier alpha value is -2.30. The van der Waals surface area contributed by atoms with Crippen LogP contribution in [0.3, 0.4) is 0 Å². The Kier molecular flexibility index (Phi) is 5.08. The summed E-state index contributed by atoms with van der Waals surface area (Å²) in [6, 6.07) is 6.72. The maximum Gasteiger partial charge on any atom is 0.289 e. The van der Waals surface area contributed by atoms with Crippen molar-refractivity contribution < 1.29 is 18.1 Å². The Labute approximate surface area is 154 Å². The number of carbonyl (C=O) groups excluding carboxylic acids is 1. The molecule has 0 unspecified atom stereocenters. The summed E-state index contributed by atoms with van der Waals surface area (Å²) in [6.45, 7) is 2.15. The number of hydrazine groups is 1. The van der Waals surface area contributed by atoms with Crippen LogP contribution in [0.1, 0.15) is 33.5 Å². The van der Waals surface area contributed by atoms with Crippen molar-refractivity contribution >= 4 is 33.0 Å². The van der Waals surface area contributed by atoms with Crippen molar-refractivity contribution in [2.24, 2.45) is 5.92 Å². The van der Waals surface area contributed by atoms with Crippen LogP contribution in [0, 0.1) is 16.0 Å². The number of fused-ring (bicyclic) bond motifs is 1. The van der Waals surface area contributed by atoms with E-state index in [4.69, 9.17) is 0 Å². The highest BCUT2D eigenvalue weighted by atomic mass is 32.2. The summed E-state index contributed by atoms with van der Waals surface area (Å²) in [7, 11) is -4.27. The predicted octanol–water partition coefficient (Wildman–Crippen LogP) is 2.40. The van der Waals surface area contributed by atoms with Crippen LogP contribution < -0.4 is 10.3 Å². The zero-order valence-electron chi connectivity index (χ0n) is 13.9. The largest absolute Gasteiger partial charge is 0.289 e. The molecule has 26 heavy (non-hydrogen) atoms. The Morgan fingerprint density at radius 1 is 1.35 bits per heavy atom. The van der Waals surface area contributed by atoms with Crippen LogP contribution in [0.2, 0.25) is 0 Å². The van der Waals surface area contributed by atoms with Crippen molar-refractivity contribution in [1.82, 2.24) is 10.3 Å². The van der Waals surface area contributed by atoms with E-state index in [1.165, 1.54) is 23.5 Å². The molecular formula is C16H17N3O5S2. The van der Waals surface area contributed by atoms with Crippen molar-refractivity contribution in [3.8, 4) is 0 Å². The fraction of sp³-hybridized carbons (Fsp3) is 0.312.